The third-order valence-corrected chi connectivity index (χ3v) is 2.20. The summed E-state index contributed by atoms with van der Waals surface area (Å²) in [7, 11) is 0. The second kappa shape index (κ2) is 5.56. The zero-order valence-corrected chi connectivity index (χ0v) is 10.3. The Kier molecular flexibility index (Phi) is 4.60. The Hall–Kier alpha value is -1.00. The zero-order valence-electron chi connectivity index (χ0n) is 10.3. The Bertz CT molecular complexity index is 372. The van der Waals surface area contributed by atoms with E-state index in [2.05, 4.69) is 0 Å². The number of benzene rings is 1. The van der Waals surface area contributed by atoms with Gasteiger partial charge in [0.2, 0.25) is 0 Å². The fourth-order valence-corrected chi connectivity index (χ4v) is 1.37. The van der Waals surface area contributed by atoms with Gasteiger partial charge in [-0.1, -0.05) is 12.1 Å². The van der Waals surface area contributed by atoms with E-state index in [4.69, 9.17) is 4.74 Å². The van der Waals surface area contributed by atoms with E-state index in [1.54, 1.807) is 0 Å². The topological polar surface area (TPSA) is 29.5 Å². The summed E-state index contributed by atoms with van der Waals surface area (Å²) in [6.45, 7) is 5.69. The molecule has 0 amide bonds. The van der Waals surface area contributed by atoms with E-state index in [0.29, 0.717) is 0 Å². The first-order valence-corrected chi connectivity index (χ1v) is 5.54. The Morgan fingerprint density at radius 2 is 1.94 bits per heavy atom. The van der Waals surface area contributed by atoms with Crippen LogP contribution in [0, 0.1) is 11.6 Å². The lowest BCUT2D eigenvalue weighted by atomic mass is 10.1. The summed E-state index contributed by atoms with van der Waals surface area (Å²) in [5.41, 5.74) is -0.198. The standard InChI is InChI=1S/C13H18F2O2/c1-13(2,3)17-8-10(16)7-9-5-4-6-11(14)12(9)15/h4-6,10,16H,7-8H2,1-3H3. The quantitative estimate of drug-likeness (QED) is 0.882. The summed E-state index contributed by atoms with van der Waals surface area (Å²) in [6, 6.07) is 3.93. The molecule has 0 radical (unpaired) electrons. The molecule has 0 aromatic heterocycles. The smallest absolute Gasteiger partial charge is 0.162 e. The number of ether oxygens (including phenoxy) is 1. The minimum atomic E-state index is -0.901. The maximum Gasteiger partial charge on any atom is 0.162 e. The van der Waals surface area contributed by atoms with E-state index in [1.165, 1.54) is 12.1 Å². The van der Waals surface area contributed by atoms with Crippen LogP contribution >= 0.6 is 0 Å². The molecule has 1 rings (SSSR count). The van der Waals surface area contributed by atoms with Crippen molar-refractivity contribution >= 4 is 0 Å². The van der Waals surface area contributed by atoms with Crippen molar-refractivity contribution in [1.29, 1.82) is 0 Å². The Morgan fingerprint density at radius 3 is 2.53 bits per heavy atom. The van der Waals surface area contributed by atoms with Crippen LogP contribution in [-0.2, 0) is 11.2 Å². The molecule has 1 atom stereocenters. The van der Waals surface area contributed by atoms with Crippen LogP contribution in [0.5, 0.6) is 0 Å². The number of rotatable bonds is 4. The van der Waals surface area contributed by atoms with Gasteiger partial charge in [-0.25, -0.2) is 8.78 Å². The lowest BCUT2D eigenvalue weighted by molar-refractivity contribution is -0.0484. The van der Waals surface area contributed by atoms with Gasteiger partial charge in [-0.2, -0.15) is 0 Å². The summed E-state index contributed by atoms with van der Waals surface area (Å²) in [4.78, 5) is 0. The van der Waals surface area contributed by atoms with Gasteiger partial charge in [0.05, 0.1) is 18.3 Å². The maximum atomic E-state index is 13.3. The van der Waals surface area contributed by atoms with Crippen molar-refractivity contribution in [3.05, 3.63) is 35.4 Å². The molecule has 1 aromatic carbocycles. The number of halogens is 2. The van der Waals surface area contributed by atoms with Gasteiger partial charge in [0.1, 0.15) is 0 Å². The lowest BCUT2D eigenvalue weighted by Crippen LogP contribution is -2.27. The van der Waals surface area contributed by atoms with Crippen LogP contribution in [-0.4, -0.2) is 23.4 Å². The van der Waals surface area contributed by atoms with Gasteiger partial charge in [-0.3, -0.25) is 0 Å². The molecule has 0 spiro atoms. The number of aliphatic hydroxyl groups is 1. The fraction of sp³-hybridized carbons (Fsp3) is 0.538. The van der Waals surface area contributed by atoms with Crippen LogP contribution in [0.1, 0.15) is 26.3 Å². The monoisotopic (exact) mass is 244 g/mol. The average Bonchev–Trinajstić information content (AvgIpc) is 2.21. The first-order chi connectivity index (χ1) is 7.79. The molecule has 96 valence electrons. The Morgan fingerprint density at radius 1 is 1.29 bits per heavy atom. The van der Waals surface area contributed by atoms with Crippen molar-refractivity contribution < 1.29 is 18.6 Å². The minimum absolute atomic E-state index is 0.0413. The molecule has 0 bridgehead atoms. The number of hydrogen-bond donors (Lipinski definition) is 1. The third-order valence-electron chi connectivity index (χ3n) is 2.20. The summed E-state index contributed by atoms with van der Waals surface area (Å²) in [6.07, 6.45) is -0.801. The molecule has 2 nitrogen and oxygen atoms in total. The third kappa shape index (κ3) is 4.79. The molecule has 17 heavy (non-hydrogen) atoms. The van der Waals surface area contributed by atoms with E-state index in [1.807, 2.05) is 20.8 Å². The van der Waals surface area contributed by atoms with Crippen LogP contribution < -0.4 is 0 Å². The first-order valence-electron chi connectivity index (χ1n) is 5.54. The lowest BCUT2D eigenvalue weighted by Gasteiger charge is -2.22. The van der Waals surface area contributed by atoms with Crippen molar-refractivity contribution in [2.45, 2.75) is 38.9 Å². The molecule has 0 saturated heterocycles. The van der Waals surface area contributed by atoms with Gasteiger partial charge in [0.25, 0.3) is 0 Å². The van der Waals surface area contributed by atoms with Crippen LogP contribution in [0.3, 0.4) is 0 Å². The fourth-order valence-electron chi connectivity index (χ4n) is 1.37. The van der Waals surface area contributed by atoms with Crippen molar-refractivity contribution in [1.82, 2.24) is 0 Å². The van der Waals surface area contributed by atoms with Crippen LogP contribution in [0.4, 0.5) is 8.78 Å². The Balaban J connectivity index is 2.56. The van der Waals surface area contributed by atoms with Gasteiger partial charge in [-0.15, -0.1) is 0 Å². The highest BCUT2D eigenvalue weighted by molar-refractivity contribution is 5.19. The van der Waals surface area contributed by atoms with Crippen molar-refractivity contribution in [3.63, 3.8) is 0 Å². The van der Waals surface area contributed by atoms with Crippen LogP contribution in [0.15, 0.2) is 18.2 Å². The molecular formula is C13H18F2O2. The van der Waals surface area contributed by atoms with E-state index in [-0.39, 0.29) is 24.2 Å². The second-order valence-electron chi connectivity index (χ2n) is 4.99. The van der Waals surface area contributed by atoms with Crippen molar-refractivity contribution in [3.8, 4) is 0 Å². The predicted molar refractivity (Wildman–Crippen MR) is 61.8 cm³/mol. The van der Waals surface area contributed by atoms with Gasteiger partial charge >= 0.3 is 0 Å². The van der Waals surface area contributed by atoms with Crippen molar-refractivity contribution in [2.24, 2.45) is 0 Å². The molecule has 0 fully saturated rings. The summed E-state index contributed by atoms with van der Waals surface area (Å²) in [5.74, 6) is -1.80. The maximum absolute atomic E-state index is 13.3. The molecule has 0 heterocycles. The summed E-state index contributed by atoms with van der Waals surface area (Å²) >= 11 is 0. The molecule has 0 aliphatic carbocycles. The SMILES string of the molecule is CC(C)(C)OCC(O)Cc1cccc(F)c1F. The summed E-state index contributed by atoms with van der Waals surface area (Å²) < 4.78 is 31.6. The largest absolute Gasteiger partial charge is 0.390 e. The predicted octanol–water partition coefficient (Wildman–Crippen LogP) is 2.68. The zero-order chi connectivity index (χ0) is 13.1. The van der Waals surface area contributed by atoms with Crippen LogP contribution in [0.25, 0.3) is 0 Å². The normalized spacial score (nSPS) is 13.8. The van der Waals surface area contributed by atoms with Gasteiger partial charge in [-0.05, 0) is 32.4 Å². The van der Waals surface area contributed by atoms with E-state index < -0.39 is 17.7 Å². The van der Waals surface area contributed by atoms with Crippen molar-refractivity contribution in [2.75, 3.05) is 6.61 Å². The highest BCUT2D eigenvalue weighted by Gasteiger charge is 2.16. The molecule has 1 unspecified atom stereocenters. The first kappa shape index (κ1) is 14.1. The van der Waals surface area contributed by atoms with Gasteiger partial charge in [0.15, 0.2) is 11.6 Å². The number of aliphatic hydroxyl groups excluding tert-OH is 1. The van der Waals surface area contributed by atoms with Crippen LogP contribution in [0.2, 0.25) is 0 Å². The second-order valence-corrected chi connectivity index (χ2v) is 4.99. The van der Waals surface area contributed by atoms with E-state index in [0.717, 1.165) is 6.07 Å². The van der Waals surface area contributed by atoms with Gasteiger partial charge in [0, 0.05) is 6.42 Å². The van der Waals surface area contributed by atoms with E-state index >= 15 is 0 Å². The minimum Gasteiger partial charge on any atom is -0.390 e. The summed E-state index contributed by atoms with van der Waals surface area (Å²) in [5, 5.41) is 9.67. The molecule has 1 aromatic rings. The van der Waals surface area contributed by atoms with Gasteiger partial charge < -0.3 is 9.84 Å². The van der Waals surface area contributed by atoms with E-state index in [9.17, 15) is 13.9 Å². The highest BCUT2D eigenvalue weighted by atomic mass is 19.2. The molecule has 0 aliphatic rings. The molecule has 0 aliphatic heterocycles. The Labute approximate surface area is 100 Å². The molecule has 1 N–H and O–H groups in total. The number of hydrogen-bond acceptors (Lipinski definition) is 2. The highest BCUT2D eigenvalue weighted by Crippen LogP contribution is 2.14. The average molecular weight is 244 g/mol. The molecule has 4 heteroatoms. The molecule has 0 saturated carbocycles. The molecular weight excluding hydrogens is 226 g/mol.